The molecule has 3 N–H and O–H groups in total. The van der Waals surface area contributed by atoms with Gasteiger partial charge < -0.3 is 24.6 Å². The van der Waals surface area contributed by atoms with Crippen molar-refractivity contribution < 1.29 is 24.5 Å². The zero-order valence-corrected chi connectivity index (χ0v) is 20.7. The van der Waals surface area contributed by atoms with Crippen LogP contribution in [0.3, 0.4) is 0 Å². The fourth-order valence-corrected chi connectivity index (χ4v) is 4.64. The van der Waals surface area contributed by atoms with Crippen molar-refractivity contribution in [3.05, 3.63) is 58.3 Å². The van der Waals surface area contributed by atoms with Crippen molar-refractivity contribution in [2.24, 2.45) is 0 Å². The van der Waals surface area contributed by atoms with Gasteiger partial charge in [0.2, 0.25) is 0 Å². The molecule has 0 saturated carbocycles. The highest BCUT2D eigenvalue weighted by atomic mass is 16.5. The van der Waals surface area contributed by atoms with Gasteiger partial charge in [-0.05, 0) is 62.1 Å². The summed E-state index contributed by atoms with van der Waals surface area (Å²) in [6.07, 6.45) is 1.97. The van der Waals surface area contributed by atoms with Crippen LogP contribution in [0.25, 0.3) is 11.3 Å². The third-order valence-corrected chi connectivity index (χ3v) is 6.24. The Balaban J connectivity index is 1.85. The number of fused-ring (bicyclic) bond motifs is 1. The average Bonchev–Trinajstić information content (AvgIpc) is 3.37. The van der Waals surface area contributed by atoms with Gasteiger partial charge in [0.05, 0.1) is 25.9 Å². The number of carbonyl (C=O) groups excluding carboxylic acids is 1. The predicted octanol–water partition coefficient (Wildman–Crippen LogP) is 4.51. The lowest BCUT2D eigenvalue weighted by molar-refractivity contribution is 0.0706. The lowest BCUT2D eigenvalue weighted by atomic mass is 9.94. The van der Waals surface area contributed by atoms with Crippen molar-refractivity contribution >= 4 is 5.91 Å². The van der Waals surface area contributed by atoms with E-state index in [1.54, 1.807) is 4.90 Å². The molecule has 0 bridgehead atoms. The smallest absolute Gasteiger partial charge is 0.273 e. The van der Waals surface area contributed by atoms with Crippen molar-refractivity contribution in [3.8, 4) is 28.5 Å². The van der Waals surface area contributed by atoms with Gasteiger partial charge in [-0.25, -0.2) is 0 Å². The van der Waals surface area contributed by atoms with Crippen LogP contribution in [-0.2, 0) is 0 Å². The summed E-state index contributed by atoms with van der Waals surface area (Å²) in [4.78, 5) is 14.9. The fourth-order valence-electron chi connectivity index (χ4n) is 4.64. The number of ether oxygens (including phenoxy) is 2. The van der Waals surface area contributed by atoms with Crippen molar-refractivity contribution in [1.29, 1.82) is 0 Å². The number of benzene rings is 2. The van der Waals surface area contributed by atoms with E-state index in [4.69, 9.17) is 9.47 Å². The molecule has 0 fully saturated rings. The molecule has 1 aliphatic heterocycles. The number of aromatic nitrogens is 2. The molecule has 0 aliphatic carbocycles. The number of aromatic amines is 1. The number of aliphatic hydroxyl groups is 1. The van der Waals surface area contributed by atoms with Gasteiger partial charge >= 0.3 is 0 Å². The number of aliphatic hydroxyl groups excluding tert-OH is 1. The second-order valence-corrected chi connectivity index (χ2v) is 8.80. The van der Waals surface area contributed by atoms with E-state index < -0.39 is 6.04 Å². The molecular weight excluding hydrogens is 446 g/mol. The predicted molar refractivity (Wildman–Crippen MR) is 133 cm³/mol. The molecule has 1 atom stereocenters. The molecule has 1 amide bonds. The van der Waals surface area contributed by atoms with Gasteiger partial charge in [-0.2, -0.15) is 5.10 Å². The molecule has 0 radical (unpaired) electrons. The average molecular weight is 480 g/mol. The summed E-state index contributed by atoms with van der Waals surface area (Å²) in [5, 5.41) is 27.9. The Morgan fingerprint density at radius 1 is 1.11 bits per heavy atom. The normalized spacial score (nSPS) is 14.9. The Kier molecular flexibility index (Phi) is 7.31. The van der Waals surface area contributed by atoms with Gasteiger partial charge in [0.15, 0.2) is 11.5 Å². The van der Waals surface area contributed by atoms with Crippen LogP contribution in [0.4, 0.5) is 0 Å². The molecule has 8 heteroatoms. The number of nitrogens with zero attached hydrogens (tertiary/aromatic N) is 2. The minimum absolute atomic E-state index is 0.131. The van der Waals surface area contributed by atoms with Crippen molar-refractivity contribution in [1.82, 2.24) is 15.1 Å². The molecule has 1 aromatic heterocycles. The minimum Gasteiger partial charge on any atom is -0.507 e. The summed E-state index contributed by atoms with van der Waals surface area (Å²) in [7, 11) is 0. The molecule has 2 heterocycles. The number of aromatic hydroxyl groups is 1. The highest BCUT2D eigenvalue weighted by molar-refractivity contribution is 6.00. The van der Waals surface area contributed by atoms with Crippen LogP contribution >= 0.6 is 0 Å². The summed E-state index contributed by atoms with van der Waals surface area (Å²) in [5.74, 6) is 1.14. The van der Waals surface area contributed by atoms with E-state index in [-0.39, 0.29) is 24.8 Å². The van der Waals surface area contributed by atoms with Crippen LogP contribution in [0.2, 0.25) is 0 Å². The van der Waals surface area contributed by atoms with Gasteiger partial charge in [-0.3, -0.25) is 9.89 Å². The Hall–Kier alpha value is -3.52. The first kappa shape index (κ1) is 24.6. The molecular formula is C27H33N3O5. The molecule has 2 aromatic carbocycles. The second kappa shape index (κ2) is 10.4. The van der Waals surface area contributed by atoms with Crippen molar-refractivity contribution in [2.75, 3.05) is 26.4 Å². The van der Waals surface area contributed by atoms with Crippen LogP contribution in [0.15, 0.2) is 30.3 Å². The number of amides is 1. The van der Waals surface area contributed by atoms with E-state index in [0.717, 1.165) is 29.5 Å². The van der Waals surface area contributed by atoms with E-state index in [9.17, 15) is 15.0 Å². The number of carbonyl (C=O) groups is 1. The molecule has 3 aromatic rings. The molecule has 186 valence electrons. The van der Waals surface area contributed by atoms with Gasteiger partial charge in [0.25, 0.3) is 5.91 Å². The molecule has 1 aliphatic rings. The standard InChI is InChI=1S/C27H33N3O5/c1-5-7-12-35-20-9-8-18(15-21(20)34-6-2)25-22-23(19-14-16(3)13-17(4)26(19)32)28-29-24(22)27(33)30(25)10-11-31/h8-9,13-15,25,31-32H,5-7,10-12H2,1-4H3,(H,28,29). The summed E-state index contributed by atoms with van der Waals surface area (Å²) < 4.78 is 11.8. The first-order chi connectivity index (χ1) is 16.9. The number of H-pyrrole nitrogens is 1. The molecule has 4 rings (SSSR count). The fraction of sp³-hybridized carbons (Fsp3) is 0.407. The minimum atomic E-state index is -0.512. The van der Waals surface area contributed by atoms with Gasteiger partial charge in [-0.15, -0.1) is 0 Å². The number of aryl methyl sites for hydroxylation is 2. The maximum Gasteiger partial charge on any atom is 0.273 e. The first-order valence-corrected chi connectivity index (χ1v) is 12.1. The third kappa shape index (κ3) is 4.58. The van der Waals surface area contributed by atoms with E-state index in [0.29, 0.717) is 47.2 Å². The zero-order chi connectivity index (χ0) is 25.1. The number of phenols is 1. The first-order valence-electron chi connectivity index (χ1n) is 12.1. The topological polar surface area (TPSA) is 108 Å². The van der Waals surface area contributed by atoms with Crippen LogP contribution in [0.5, 0.6) is 17.2 Å². The maximum absolute atomic E-state index is 13.3. The maximum atomic E-state index is 13.3. The van der Waals surface area contributed by atoms with E-state index in [2.05, 4.69) is 17.1 Å². The Labute approximate surface area is 205 Å². The summed E-state index contributed by atoms with van der Waals surface area (Å²) in [5.41, 5.74) is 4.63. The molecule has 0 saturated heterocycles. The summed E-state index contributed by atoms with van der Waals surface area (Å²) >= 11 is 0. The number of rotatable bonds is 10. The van der Waals surface area contributed by atoms with Gasteiger partial charge in [0, 0.05) is 17.7 Å². The van der Waals surface area contributed by atoms with Crippen LogP contribution in [0.1, 0.15) is 65.5 Å². The zero-order valence-electron chi connectivity index (χ0n) is 20.7. The number of β-amino-alcohol motifs (C(OH)–C–C–N with tert-alkyl or cyclic N) is 1. The second-order valence-electron chi connectivity index (χ2n) is 8.80. The number of phenolic OH excluding ortho intramolecular Hbond substituents is 1. The van der Waals surface area contributed by atoms with E-state index >= 15 is 0 Å². The Morgan fingerprint density at radius 2 is 1.91 bits per heavy atom. The highest BCUT2D eigenvalue weighted by Gasteiger charge is 2.42. The van der Waals surface area contributed by atoms with Crippen LogP contribution in [-0.4, -0.2) is 57.6 Å². The molecule has 1 unspecified atom stereocenters. The number of hydrogen-bond donors (Lipinski definition) is 3. The molecule has 0 spiro atoms. The largest absolute Gasteiger partial charge is 0.507 e. The quantitative estimate of drug-likeness (QED) is 0.369. The van der Waals surface area contributed by atoms with Crippen molar-refractivity contribution in [3.63, 3.8) is 0 Å². The van der Waals surface area contributed by atoms with Gasteiger partial charge in [-0.1, -0.05) is 25.5 Å². The highest BCUT2D eigenvalue weighted by Crippen LogP contribution is 2.46. The number of unbranched alkanes of at least 4 members (excludes halogenated alkanes) is 1. The SMILES string of the molecule is CCCCOc1ccc(C2c3c(-c4cc(C)cc(C)c4O)n[nH]c3C(=O)N2CCO)cc1OCC. The Bertz CT molecular complexity index is 1220. The van der Waals surface area contributed by atoms with E-state index in [1.807, 2.05) is 51.1 Å². The Morgan fingerprint density at radius 3 is 2.63 bits per heavy atom. The third-order valence-electron chi connectivity index (χ3n) is 6.24. The van der Waals surface area contributed by atoms with Crippen LogP contribution < -0.4 is 9.47 Å². The van der Waals surface area contributed by atoms with Crippen molar-refractivity contribution in [2.45, 2.75) is 46.6 Å². The molecule has 8 nitrogen and oxygen atoms in total. The lowest BCUT2D eigenvalue weighted by Crippen LogP contribution is -2.32. The van der Waals surface area contributed by atoms with E-state index in [1.165, 1.54) is 0 Å². The summed E-state index contributed by atoms with van der Waals surface area (Å²) in [6, 6.07) is 8.93. The number of hydrogen-bond acceptors (Lipinski definition) is 6. The van der Waals surface area contributed by atoms with Crippen LogP contribution in [0, 0.1) is 13.8 Å². The number of nitrogens with one attached hydrogen (secondary N) is 1. The monoisotopic (exact) mass is 479 g/mol. The molecule has 35 heavy (non-hydrogen) atoms. The van der Waals surface area contributed by atoms with Gasteiger partial charge in [0.1, 0.15) is 17.1 Å². The summed E-state index contributed by atoms with van der Waals surface area (Å²) in [6.45, 7) is 8.85. The lowest BCUT2D eigenvalue weighted by Gasteiger charge is -2.26.